The molecule has 1 aliphatic heterocycles. The summed E-state index contributed by atoms with van der Waals surface area (Å²) >= 11 is 6.79. The van der Waals surface area contributed by atoms with Crippen LogP contribution in [0.5, 0.6) is 0 Å². The van der Waals surface area contributed by atoms with Crippen LogP contribution in [0.3, 0.4) is 0 Å². The number of anilines is 3. The minimum atomic E-state index is -0.450. The number of hydrogen-bond acceptors (Lipinski definition) is 4. The van der Waals surface area contributed by atoms with Gasteiger partial charge in [-0.25, -0.2) is 4.90 Å². The van der Waals surface area contributed by atoms with Crippen molar-refractivity contribution in [2.45, 2.75) is 30.4 Å². The molecule has 7 heteroatoms. The SMILES string of the molecule is Cc1ccc(N2C(=O)CC(Sc3cccc(NC(=S)Nc4ccccc4)c3)C2=O)cc1C. The molecular weight excluding hydrogens is 438 g/mol. The second kappa shape index (κ2) is 9.54. The molecule has 3 aromatic carbocycles. The number of rotatable bonds is 5. The van der Waals surface area contributed by atoms with E-state index in [9.17, 15) is 9.59 Å². The molecule has 162 valence electrons. The van der Waals surface area contributed by atoms with Gasteiger partial charge in [-0.15, -0.1) is 11.8 Å². The number of amides is 2. The highest BCUT2D eigenvalue weighted by atomic mass is 32.2. The highest BCUT2D eigenvalue weighted by Crippen LogP contribution is 2.35. The van der Waals surface area contributed by atoms with E-state index in [1.165, 1.54) is 16.7 Å². The van der Waals surface area contributed by atoms with Gasteiger partial charge >= 0.3 is 0 Å². The summed E-state index contributed by atoms with van der Waals surface area (Å²) in [5.41, 5.74) is 4.53. The summed E-state index contributed by atoms with van der Waals surface area (Å²) in [6, 6.07) is 23.0. The molecule has 2 amide bonds. The summed E-state index contributed by atoms with van der Waals surface area (Å²) in [5.74, 6) is -0.346. The van der Waals surface area contributed by atoms with Crippen molar-refractivity contribution in [3.63, 3.8) is 0 Å². The van der Waals surface area contributed by atoms with Crippen LogP contribution >= 0.6 is 24.0 Å². The number of imide groups is 1. The van der Waals surface area contributed by atoms with E-state index in [4.69, 9.17) is 12.2 Å². The minimum absolute atomic E-state index is 0.168. The molecule has 0 aliphatic carbocycles. The van der Waals surface area contributed by atoms with E-state index in [-0.39, 0.29) is 18.2 Å². The lowest BCUT2D eigenvalue weighted by Gasteiger charge is -2.16. The van der Waals surface area contributed by atoms with Crippen LogP contribution in [0.1, 0.15) is 17.5 Å². The van der Waals surface area contributed by atoms with Crippen molar-refractivity contribution < 1.29 is 9.59 Å². The second-order valence-electron chi connectivity index (χ2n) is 7.62. The zero-order valence-electron chi connectivity index (χ0n) is 17.8. The first-order valence-electron chi connectivity index (χ1n) is 10.2. The first-order chi connectivity index (χ1) is 15.4. The summed E-state index contributed by atoms with van der Waals surface area (Å²) in [5, 5.41) is 6.33. The Kier molecular flexibility index (Phi) is 6.58. The number of para-hydroxylation sites is 1. The first kappa shape index (κ1) is 22.0. The van der Waals surface area contributed by atoms with Gasteiger partial charge in [-0.1, -0.05) is 30.3 Å². The number of carbonyl (C=O) groups excluding carboxylic acids is 2. The lowest BCUT2D eigenvalue weighted by atomic mass is 10.1. The van der Waals surface area contributed by atoms with Crippen LogP contribution < -0.4 is 15.5 Å². The summed E-state index contributed by atoms with van der Waals surface area (Å²) < 4.78 is 0. The summed E-state index contributed by atoms with van der Waals surface area (Å²) in [7, 11) is 0. The topological polar surface area (TPSA) is 61.4 Å². The molecular formula is C25H23N3O2S2. The molecule has 3 aromatic rings. The summed E-state index contributed by atoms with van der Waals surface area (Å²) in [4.78, 5) is 27.8. The normalized spacial score (nSPS) is 15.7. The Morgan fingerprint density at radius 1 is 0.906 bits per heavy atom. The monoisotopic (exact) mass is 461 g/mol. The molecule has 0 radical (unpaired) electrons. The van der Waals surface area contributed by atoms with Crippen LogP contribution in [0, 0.1) is 13.8 Å². The van der Waals surface area contributed by atoms with Gasteiger partial charge in [0.15, 0.2) is 5.11 Å². The maximum atomic E-state index is 13.0. The molecule has 1 fully saturated rings. The van der Waals surface area contributed by atoms with Gasteiger partial charge in [-0.05, 0) is 79.7 Å². The molecule has 1 heterocycles. The van der Waals surface area contributed by atoms with E-state index in [1.807, 2.05) is 86.6 Å². The van der Waals surface area contributed by atoms with E-state index < -0.39 is 5.25 Å². The van der Waals surface area contributed by atoms with Gasteiger partial charge in [0.2, 0.25) is 11.8 Å². The highest BCUT2D eigenvalue weighted by Gasteiger charge is 2.40. The Bertz CT molecular complexity index is 1180. The fourth-order valence-corrected chi connectivity index (χ4v) is 4.81. The van der Waals surface area contributed by atoms with Crippen molar-refractivity contribution in [2.75, 3.05) is 15.5 Å². The van der Waals surface area contributed by atoms with Crippen LogP contribution in [-0.2, 0) is 9.59 Å². The molecule has 1 aliphatic rings. The molecule has 32 heavy (non-hydrogen) atoms. The Balaban J connectivity index is 1.43. The van der Waals surface area contributed by atoms with E-state index in [0.29, 0.717) is 10.8 Å². The second-order valence-corrected chi connectivity index (χ2v) is 9.30. The van der Waals surface area contributed by atoms with Crippen LogP contribution in [-0.4, -0.2) is 22.2 Å². The van der Waals surface area contributed by atoms with Crippen molar-refractivity contribution in [1.29, 1.82) is 0 Å². The van der Waals surface area contributed by atoms with E-state index >= 15 is 0 Å². The van der Waals surface area contributed by atoms with Gasteiger partial charge in [0.05, 0.1) is 10.9 Å². The van der Waals surface area contributed by atoms with Gasteiger partial charge in [0.25, 0.3) is 0 Å². The Morgan fingerprint density at radius 2 is 1.62 bits per heavy atom. The molecule has 4 rings (SSSR count). The van der Waals surface area contributed by atoms with Gasteiger partial charge in [0, 0.05) is 22.7 Å². The zero-order chi connectivity index (χ0) is 22.7. The maximum Gasteiger partial charge on any atom is 0.247 e. The number of hydrogen-bond donors (Lipinski definition) is 2. The lowest BCUT2D eigenvalue weighted by molar-refractivity contribution is -0.121. The first-order valence-corrected chi connectivity index (χ1v) is 11.5. The maximum absolute atomic E-state index is 13.0. The number of aryl methyl sites for hydroxylation is 2. The fraction of sp³-hybridized carbons (Fsp3) is 0.160. The number of nitrogens with one attached hydrogen (secondary N) is 2. The molecule has 1 unspecified atom stereocenters. The van der Waals surface area contributed by atoms with Gasteiger partial charge < -0.3 is 10.6 Å². The molecule has 5 nitrogen and oxygen atoms in total. The number of thiocarbonyl (C=S) groups is 1. The number of benzene rings is 3. The average Bonchev–Trinajstić information content (AvgIpc) is 3.04. The third-order valence-electron chi connectivity index (χ3n) is 5.26. The molecule has 0 aromatic heterocycles. The van der Waals surface area contributed by atoms with Crippen molar-refractivity contribution >= 4 is 58.0 Å². The van der Waals surface area contributed by atoms with E-state index in [1.54, 1.807) is 0 Å². The summed E-state index contributed by atoms with van der Waals surface area (Å²) in [6.07, 6.45) is 0.183. The lowest BCUT2D eigenvalue weighted by Crippen LogP contribution is -2.31. The van der Waals surface area contributed by atoms with Crippen molar-refractivity contribution in [3.05, 3.63) is 83.9 Å². The predicted octanol–water partition coefficient (Wildman–Crippen LogP) is 5.54. The third-order valence-corrected chi connectivity index (χ3v) is 6.64. The average molecular weight is 462 g/mol. The van der Waals surface area contributed by atoms with Crippen molar-refractivity contribution in [1.82, 2.24) is 0 Å². The Morgan fingerprint density at radius 3 is 2.38 bits per heavy atom. The number of nitrogens with zero attached hydrogens (tertiary/aromatic N) is 1. The largest absolute Gasteiger partial charge is 0.332 e. The van der Waals surface area contributed by atoms with Gasteiger partial charge in [-0.3, -0.25) is 9.59 Å². The molecule has 1 atom stereocenters. The Hall–Kier alpha value is -3.16. The van der Waals surface area contributed by atoms with Gasteiger partial charge in [0.1, 0.15) is 0 Å². The summed E-state index contributed by atoms with van der Waals surface area (Å²) in [6.45, 7) is 3.99. The standard InChI is InChI=1S/C25H23N3O2S2/c1-16-11-12-20(13-17(16)2)28-23(29)15-22(24(28)30)32-21-10-6-9-19(14-21)27-25(31)26-18-7-4-3-5-8-18/h3-14,22H,15H2,1-2H3,(H2,26,27,31). The molecule has 2 N–H and O–H groups in total. The molecule has 0 spiro atoms. The van der Waals surface area contributed by atoms with Crippen LogP contribution in [0.15, 0.2) is 77.7 Å². The van der Waals surface area contributed by atoms with Crippen molar-refractivity contribution in [2.24, 2.45) is 0 Å². The quantitative estimate of drug-likeness (QED) is 0.384. The minimum Gasteiger partial charge on any atom is -0.332 e. The molecule has 1 saturated heterocycles. The third kappa shape index (κ3) is 5.00. The molecule has 0 bridgehead atoms. The van der Waals surface area contributed by atoms with Crippen molar-refractivity contribution in [3.8, 4) is 0 Å². The van der Waals surface area contributed by atoms with Crippen LogP contribution in [0.25, 0.3) is 0 Å². The van der Waals surface area contributed by atoms with Crippen LogP contribution in [0.2, 0.25) is 0 Å². The van der Waals surface area contributed by atoms with Crippen LogP contribution in [0.4, 0.5) is 17.1 Å². The molecule has 0 saturated carbocycles. The zero-order valence-corrected chi connectivity index (χ0v) is 19.4. The number of thioether (sulfide) groups is 1. The van der Waals surface area contributed by atoms with E-state index in [0.717, 1.165) is 27.4 Å². The Labute approximate surface area is 197 Å². The number of carbonyl (C=O) groups is 2. The van der Waals surface area contributed by atoms with Gasteiger partial charge in [-0.2, -0.15) is 0 Å². The van der Waals surface area contributed by atoms with E-state index in [2.05, 4.69) is 10.6 Å². The predicted molar refractivity (Wildman–Crippen MR) is 135 cm³/mol. The smallest absolute Gasteiger partial charge is 0.247 e. The fourth-order valence-electron chi connectivity index (χ4n) is 3.46. The highest BCUT2D eigenvalue weighted by molar-refractivity contribution is 8.00.